The molecule has 8 rings (SSSR count). The van der Waals surface area contributed by atoms with Gasteiger partial charge in [0, 0.05) is 21.8 Å². The lowest BCUT2D eigenvalue weighted by Gasteiger charge is -2.46. The van der Waals surface area contributed by atoms with Gasteiger partial charge in [-0.15, -0.1) is 0 Å². The minimum absolute atomic E-state index is 0.0299. The second-order valence-corrected chi connectivity index (χ2v) is 14.9. The number of benzene rings is 3. The molecule has 5 aromatic rings. The van der Waals surface area contributed by atoms with Crippen LogP contribution in [0.4, 0.5) is 0 Å². The van der Waals surface area contributed by atoms with Gasteiger partial charge in [0.05, 0.1) is 5.39 Å². The van der Waals surface area contributed by atoms with Crippen LogP contribution >= 0.6 is 0 Å². The van der Waals surface area contributed by atoms with Gasteiger partial charge < -0.3 is 0 Å². The van der Waals surface area contributed by atoms with Crippen LogP contribution in [-0.2, 0) is 11.0 Å². The van der Waals surface area contributed by atoms with E-state index >= 15 is 0 Å². The van der Waals surface area contributed by atoms with Crippen LogP contribution in [0.15, 0.2) is 72.9 Å². The first-order chi connectivity index (χ1) is 19.6. The number of hydrogen-bond donors (Lipinski definition) is 0. The molecule has 2 aromatic heterocycles. The van der Waals surface area contributed by atoms with Crippen molar-refractivity contribution < 1.29 is 4.57 Å². The van der Waals surface area contributed by atoms with E-state index in [-0.39, 0.29) is 11.0 Å². The molecule has 3 aromatic carbocycles. The molecule has 41 heavy (non-hydrogen) atoms. The van der Waals surface area contributed by atoms with Crippen molar-refractivity contribution in [2.24, 2.45) is 16.7 Å². The standard InChI is InChI=1S/C39H45N2/c1-8-37(5)30-19-14-18-29-28-17-12-13-20-32(28)41-33(24-40(35(41)34(29)30)39(37,7)9-2)27-16-11-10-15-26(27)31-23-25-21-22-38(31,6)36(25,3)4/h10-20,24-25,31H,8-9,21-23H2,1-7H3/q+1. The van der Waals surface area contributed by atoms with Crippen LogP contribution in [0.2, 0.25) is 0 Å². The van der Waals surface area contributed by atoms with Crippen molar-refractivity contribution in [3.63, 3.8) is 0 Å². The Morgan fingerprint density at radius 2 is 1.56 bits per heavy atom. The molecule has 2 heteroatoms. The quantitative estimate of drug-likeness (QED) is 0.158. The zero-order valence-electron chi connectivity index (χ0n) is 26.0. The number of para-hydroxylation sites is 1. The minimum Gasteiger partial charge on any atom is -0.223 e. The third kappa shape index (κ3) is 2.79. The summed E-state index contributed by atoms with van der Waals surface area (Å²) in [5, 5.41) is 4.18. The number of pyridine rings is 1. The first-order valence-corrected chi connectivity index (χ1v) is 16.1. The summed E-state index contributed by atoms with van der Waals surface area (Å²) in [6, 6.07) is 25.7. The molecular weight excluding hydrogens is 496 g/mol. The summed E-state index contributed by atoms with van der Waals surface area (Å²) in [7, 11) is 0. The van der Waals surface area contributed by atoms with Gasteiger partial charge in [-0.3, -0.25) is 0 Å². The highest BCUT2D eigenvalue weighted by Crippen LogP contribution is 2.71. The first kappa shape index (κ1) is 25.6. The molecule has 2 fully saturated rings. The molecule has 0 N–H and O–H groups in total. The van der Waals surface area contributed by atoms with Crippen molar-refractivity contribution in [2.45, 2.75) is 97.4 Å². The van der Waals surface area contributed by atoms with Gasteiger partial charge in [-0.05, 0) is 78.9 Å². The first-order valence-electron chi connectivity index (χ1n) is 16.1. The van der Waals surface area contributed by atoms with Crippen LogP contribution in [0.5, 0.6) is 0 Å². The average molecular weight is 542 g/mol. The fourth-order valence-corrected chi connectivity index (χ4v) is 10.3. The van der Waals surface area contributed by atoms with Crippen molar-refractivity contribution in [3.05, 3.63) is 84.1 Å². The molecule has 3 aliphatic rings. The molecule has 5 unspecified atom stereocenters. The van der Waals surface area contributed by atoms with Gasteiger partial charge in [0.2, 0.25) is 0 Å². The second-order valence-electron chi connectivity index (χ2n) is 14.9. The van der Waals surface area contributed by atoms with Crippen molar-refractivity contribution in [3.8, 4) is 11.3 Å². The lowest BCUT2D eigenvalue weighted by molar-refractivity contribution is -0.750. The zero-order chi connectivity index (χ0) is 28.5. The van der Waals surface area contributed by atoms with E-state index in [1.807, 2.05) is 0 Å². The van der Waals surface area contributed by atoms with E-state index < -0.39 is 0 Å². The van der Waals surface area contributed by atoms with Crippen LogP contribution in [0.1, 0.15) is 97.6 Å². The summed E-state index contributed by atoms with van der Waals surface area (Å²) in [6.45, 7) is 17.5. The minimum atomic E-state index is -0.0374. The molecule has 2 nitrogen and oxygen atoms in total. The van der Waals surface area contributed by atoms with Gasteiger partial charge in [0.1, 0.15) is 17.3 Å². The van der Waals surface area contributed by atoms with E-state index in [4.69, 9.17) is 0 Å². The Morgan fingerprint density at radius 3 is 2.27 bits per heavy atom. The maximum atomic E-state index is 2.71. The summed E-state index contributed by atoms with van der Waals surface area (Å²) in [4.78, 5) is 0. The average Bonchev–Trinajstić information content (AvgIpc) is 3.57. The van der Waals surface area contributed by atoms with Crippen LogP contribution in [0.25, 0.3) is 38.6 Å². The molecule has 2 aliphatic carbocycles. The molecule has 210 valence electrons. The van der Waals surface area contributed by atoms with Gasteiger partial charge in [0.25, 0.3) is 5.65 Å². The topological polar surface area (TPSA) is 8.29 Å². The number of rotatable bonds is 4. The van der Waals surface area contributed by atoms with Crippen molar-refractivity contribution >= 4 is 27.3 Å². The van der Waals surface area contributed by atoms with Gasteiger partial charge in [-0.1, -0.05) is 102 Å². The monoisotopic (exact) mass is 541 g/mol. The largest absolute Gasteiger partial charge is 0.296 e. The lowest BCUT2D eigenvalue weighted by atomic mass is 9.62. The van der Waals surface area contributed by atoms with Gasteiger partial charge >= 0.3 is 0 Å². The summed E-state index contributed by atoms with van der Waals surface area (Å²) < 4.78 is 5.35. The number of aromatic nitrogens is 2. The summed E-state index contributed by atoms with van der Waals surface area (Å²) in [5.41, 5.74) is 9.25. The highest BCUT2D eigenvalue weighted by atomic mass is 15.2. The second kappa shape index (κ2) is 8.03. The maximum absolute atomic E-state index is 2.71. The van der Waals surface area contributed by atoms with E-state index in [0.717, 1.165) is 18.8 Å². The fourth-order valence-electron chi connectivity index (χ4n) is 10.3. The normalized spacial score (nSPS) is 31.7. The predicted molar refractivity (Wildman–Crippen MR) is 172 cm³/mol. The molecule has 2 saturated carbocycles. The van der Waals surface area contributed by atoms with Gasteiger partial charge in [-0.25, -0.2) is 4.57 Å². The highest BCUT2D eigenvalue weighted by Gasteiger charge is 2.62. The van der Waals surface area contributed by atoms with Crippen LogP contribution in [0.3, 0.4) is 0 Å². The number of nitrogens with zero attached hydrogens (tertiary/aromatic N) is 2. The Morgan fingerprint density at radius 1 is 0.829 bits per heavy atom. The maximum Gasteiger partial charge on any atom is 0.296 e. The van der Waals surface area contributed by atoms with Crippen molar-refractivity contribution in [2.75, 3.05) is 0 Å². The molecule has 0 saturated heterocycles. The van der Waals surface area contributed by atoms with E-state index in [2.05, 4.69) is 130 Å². The Hall–Kier alpha value is -3.13. The molecule has 0 amide bonds. The highest BCUT2D eigenvalue weighted by molar-refractivity contribution is 6.13. The Bertz CT molecular complexity index is 1890. The van der Waals surface area contributed by atoms with E-state index in [0.29, 0.717) is 16.7 Å². The van der Waals surface area contributed by atoms with Crippen molar-refractivity contribution in [1.29, 1.82) is 0 Å². The SMILES string of the molecule is CCC1(C)c2cccc3c4ccccc4n4c(-c5ccccc5C5CC6CCC5(C)C6(C)C)c[n+](c4c23)C1(C)CC. The number of hydrogen-bond acceptors (Lipinski definition) is 0. The van der Waals surface area contributed by atoms with Gasteiger partial charge in [0.15, 0.2) is 5.69 Å². The zero-order valence-corrected chi connectivity index (χ0v) is 26.0. The molecule has 0 radical (unpaired) electrons. The van der Waals surface area contributed by atoms with E-state index in [9.17, 15) is 0 Å². The Kier molecular flexibility index (Phi) is 5.01. The third-order valence-electron chi connectivity index (χ3n) is 13.8. The molecule has 5 atom stereocenters. The third-order valence-corrected chi connectivity index (χ3v) is 13.8. The smallest absolute Gasteiger partial charge is 0.223 e. The molecule has 3 heterocycles. The van der Waals surface area contributed by atoms with E-state index in [1.165, 1.54) is 63.4 Å². The van der Waals surface area contributed by atoms with E-state index in [1.54, 1.807) is 5.56 Å². The Balaban J connectivity index is 1.52. The van der Waals surface area contributed by atoms with Gasteiger partial charge in [-0.2, -0.15) is 4.40 Å². The summed E-state index contributed by atoms with van der Waals surface area (Å²) >= 11 is 0. The van der Waals surface area contributed by atoms with Crippen LogP contribution in [-0.4, -0.2) is 4.40 Å². The summed E-state index contributed by atoms with van der Waals surface area (Å²) in [6.07, 6.45) is 8.79. The lowest BCUT2D eigenvalue weighted by Crippen LogP contribution is -2.65. The fraction of sp³-hybridized carbons (Fsp3) is 0.462. The number of imidazole rings is 1. The molecule has 2 bridgehead atoms. The van der Waals surface area contributed by atoms with Crippen LogP contribution in [0, 0.1) is 16.7 Å². The predicted octanol–water partition coefficient (Wildman–Crippen LogP) is 9.94. The molecule has 1 aliphatic heterocycles. The molecular formula is C39H45N2+. The summed E-state index contributed by atoms with van der Waals surface area (Å²) in [5.74, 6) is 1.42. The number of fused-ring (bicyclic) bond motifs is 5. The van der Waals surface area contributed by atoms with Crippen LogP contribution < -0.4 is 4.57 Å². The molecule has 0 spiro atoms. The van der Waals surface area contributed by atoms with Crippen molar-refractivity contribution in [1.82, 2.24) is 4.40 Å². The Labute approximate surface area is 245 Å².